The van der Waals surface area contributed by atoms with Gasteiger partial charge in [-0.2, -0.15) is 13.2 Å². The number of nitrogens with zero attached hydrogens (tertiary/aromatic N) is 1. The summed E-state index contributed by atoms with van der Waals surface area (Å²) >= 11 is 1.43. The Balaban J connectivity index is 1.85. The molecule has 1 atom stereocenters. The maximum atomic E-state index is 12.6. The highest BCUT2D eigenvalue weighted by molar-refractivity contribution is 7.99. The van der Waals surface area contributed by atoms with Crippen molar-refractivity contribution in [3.63, 3.8) is 0 Å². The molecule has 0 bridgehead atoms. The second-order valence-corrected chi connectivity index (χ2v) is 6.06. The molecule has 0 unspecified atom stereocenters. The first-order valence-electron chi connectivity index (χ1n) is 6.65. The Morgan fingerprint density at radius 2 is 2.15 bits per heavy atom. The van der Waals surface area contributed by atoms with E-state index in [1.807, 2.05) is 0 Å². The lowest BCUT2D eigenvalue weighted by Crippen LogP contribution is -2.33. The summed E-state index contributed by atoms with van der Waals surface area (Å²) in [5, 5.41) is 9.21. The quantitative estimate of drug-likeness (QED) is 0.845. The van der Waals surface area contributed by atoms with Crippen LogP contribution in [-0.2, 0) is 6.18 Å². The second-order valence-electron chi connectivity index (χ2n) is 4.89. The molecule has 2 rings (SSSR count). The summed E-state index contributed by atoms with van der Waals surface area (Å²) in [6, 6.07) is 5.65. The highest BCUT2D eigenvalue weighted by Gasteiger charge is 2.30. The van der Waals surface area contributed by atoms with E-state index in [1.54, 1.807) is 6.07 Å². The fourth-order valence-electron chi connectivity index (χ4n) is 2.44. The molecule has 0 radical (unpaired) electrons. The molecular weight excluding hydrogens is 287 g/mol. The fourth-order valence-corrected chi connectivity index (χ4v) is 3.39. The van der Waals surface area contributed by atoms with Crippen LogP contribution in [0.25, 0.3) is 0 Å². The summed E-state index contributed by atoms with van der Waals surface area (Å²) < 4.78 is 37.8. The van der Waals surface area contributed by atoms with Crippen LogP contribution < -0.4 is 0 Å². The van der Waals surface area contributed by atoms with Crippen molar-refractivity contribution in [2.75, 3.05) is 25.4 Å². The summed E-state index contributed by atoms with van der Waals surface area (Å²) in [6.07, 6.45) is -2.20. The average molecular weight is 305 g/mol. The zero-order valence-corrected chi connectivity index (χ0v) is 11.9. The summed E-state index contributed by atoms with van der Waals surface area (Å²) in [5.74, 6) is 0.734. The Kier molecular flexibility index (Phi) is 5.35. The van der Waals surface area contributed by atoms with E-state index >= 15 is 0 Å². The van der Waals surface area contributed by atoms with Crippen molar-refractivity contribution < 1.29 is 18.3 Å². The summed E-state index contributed by atoms with van der Waals surface area (Å²) in [6.45, 7) is 1.93. The number of benzene rings is 1. The highest BCUT2D eigenvalue weighted by atomic mass is 32.2. The molecule has 1 fully saturated rings. The molecule has 6 heteroatoms. The molecule has 2 nitrogen and oxygen atoms in total. The molecule has 1 aliphatic heterocycles. The minimum absolute atomic E-state index is 0.161. The van der Waals surface area contributed by atoms with Crippen molar-refractivity contribution in [3.05, 3.63) is 29.8 Å². The molecule has 0 saturated carbocycles. The van der Waals surface area contributed by atoms with Gasteiger partial charge in [-0.1, -0.05) is 6.07 Å². The molecule has 1 aromatic rings. The molecule has 0 spiro atoms. The number of hydrogen-bond acceptors (Lipinski definition) is 3. The van der Waals surface area contributed by atoms with E-state index < -0.39 is 11.7 Å². The van der Waals surface area contributed by atoms with Gasteiger partial charge < -0.3 is 5.11 Å². The van der Waals surface area contributed by atoms with Crippen LogP contribution in [0.15, 0.2) is 29.2 Å². The van der Waals surface area contributed by atoms with Crippen LogP contribution in [-0.4, -0.2) is 41.5 Å². The maximum absolute atomic E-state index is 12.6. The third-order valence-corrected chi connectivity index (χ3v) is 4.49. The lowest BCUT2D eigenvalue weighted by molar-refractivity contribution is -0.137. The van der Waals surface area contributed by atoms with Gasteiger partial charge in [0.05, 0.1) is 12.2 Å². The van der Waals surface area contributed by atoms with Gasteiger partial charge in [0, 0.05) is 23.2 Å². The summed E-state index contributed by atoms with van der Waals surface area (Å²) in [4.78, 5) is 2.85. The van der Waals surface area contributed by atoms with E-state index in [4.69, 9.17) is 0 Å². The standard InChI is InChI=1S/C14H18F3NOS/c15-14(16,17)11-3-1-5-13(9-11)20-8-7-18-6-2-4-12(18)10-19/h1,3,5,9,12,19H,2,4,6-8,10H2/t12-/m1/s1. The number of hydrogen-bond donors (Lipinski definition) is 1. The zero-order chi connectivity index (χ0) is 14.6. The minimum atomic E-state index is -4.28. The normalized spacial score (nSPS) is 20.5. The molecule has 0 aliphatic carbocycles. The Morgan fingerprint density at radius 1 is 1.35 bits per heavy atom. The smallest absolute Gasteiger partial charge is 0.395 e. The van der Waals surface area contributed by atoms with E-state index in [-0.39, 0.29) is 12.6 Å². The highest BCUT2D eigenvalue weighted by Crippen LogP contribution is 2.32. The summed E-state index contributed by atoms with van der Waals surface area (Å²) in [7, 11) is 0. The predicted molar refractivity (Wildman–Crippen MR) is 73.8 cm³/mol. The number of thioether (sulfide) groups is 1. The van der Waals surface area contributed by atoms with Crippen molar-refractivity contribution >= 4 is 11.8 Å². The topological polar surface area (TPSA) is 23.5 Å². The SMILES string of the molecule is OC[C@H]1CCCN1CCSc1cccc(C(F)(F)F)c1. The Bertz CT molecular complexity index is 439. The van der Waals surface area contributed by atoms with Crippen LogP contribution in [0.5, 0.6) is 0 Å². The molecule has 1 heterocycles. The average Bonchev–Trinajstić information content (AvgIpc) is 2.86. The Morgan fingerprint density at radius 3 is 2.85 bits per heavy atom. The number of aliphatic hydroxyl groups excluding tert-OH is 1. The van der Waals surface area contributed by atoms with Crippen LogP contribution >= 0.6 is 11.8 Å². The Hall–Kier alpha value is -0.720. The van der Waals surface area contributed by atoms with Crippen LogP contribution in [0.3, 0.4) is 0 Å². The summed E-state index contributed by atoms with van der Waals surface area (Å²) in [5.41, 5.74) is -0.600. The third-order valence-electron chi connectivity index (χ3n) is 3.52. The number of alkyl halides is 3. The molecule has 112 valence electrons. The van der Waals surface area contributed by atoms with E-state index in [1.165, 1.54) is 23.9 Å². The van der Waals surface area contributed by atoms with E-state index in [0.717, 1.165) is 37.8 Å². The molecule has 0 amide bonds. The van der Waals surface area contributed by atoms with Crippen molar-refractivity contribution in [1.29, 1.82) is 0 Å². The molecule has 20 heavy (non-hydrogen) atoms. The number of likely N-dealkylation sites (tertiary alicyclic amines) is 1. The molecule has 1 aromatic carbocycles. The predicted octanol–water partition coefficient (Wildman–Crippen LogP) is 3.25. The molecule has 1 aliphatic rings. The number of rotatable bonds is 5. The van der Waals surface area contributed by atoms with E-state index in [2.05, 4.69) is 4.90 Å². The van der Waals surface area contributed by atoms with Crippen molar-refractivity contribution in [1.82, 2.24) is 4.90 Å². The lowest BCUT2D eigenvalue weighted by Gasteiger charge is -2.22. The first-order chi connectivity index (χ1) is 9.50. The molecular formula is C14H18F3NOS. The van der Waals surface area contributed by atoms with Crippen molar-refractivity contribution in [2.45, 2.75) is 30.0 Å². The lowest BCUT2D eigenvalue weighted by atomic mass is 10.2. The van der Waals surface area contributed by atoms with Crippen molar-refractivity contribution in [2.24, 2.45) is 0 Å². The van der Waals surface area contributed by atoms with Crippen LogP contribution in [0.2, 0.25) is 0 Å². The van der Waals surface area contributed by atoms with Crippen LogP contribution in [0, 0.1) is 0 Å². The molecule has 1 saturated heterocycles. The van der Waals surface area contributed by atoms with E-state index in [0.29, 0.717) is 4.90 Å². The van der Waals surface area contributed by atoms with Gasteiger partial charge in [0.25, 0.3) is 0 Å². The maximum Gasteiger partial charge on any atom is 0.416 e. The van der Waals surface area contributed by atoms with Gasteiger partial charge in [0.15, 0.2) is 0 Å². The van der Waals surface area contributed by atoms with Gasteiger partial charge in [-0.25, -0.2) is 0 Å². The number of halogens is 3. The van der Waals surface area contributed by atoms with Gasteiger partial charge in [0.2, 0.25) is 0 Å². The first-order valence-corrected chi connectivity index (χ1v) is 7.64. The van der Waals surface area contributed by atoms with Crippen LogP contribution in [0.4, 0.5) is 13.2 Å². The van der Waals surface area contributed by atoms with Gasteiger partial charge in [-0.3, -0.25) is 4.90 Å². The zero-order valence-electron chi connectivity index (χ0n) is 11.1. The largest absolute Gasteiger partial charge is 0.416 e. The Labute approximate surface area is 121 Å². The molecule has 1 N–H and O–H groups in total. The van der Waals surface area contributed by atoms with Gasteiger partial charge in [-0.15, -0.1) is 11.8 Å². The van der Waals surface area contributed by atoms with Gasteiger partial charge >= 0.3 is 6.18 Å². The molecule has 0 aromatic heterocycles. The van der Waals surface area contributed by atoms with Crippen LogP contribution in [0.1, 0.15) is 18.4 Å². The second kappa shape index (κ2) is 6.83. The minimum Gasteiger partial charge on any atom is -0.395 e. The number of aliphatic hydroxyl groups is 1. The van der Waals surface area contributed by atoms with Crippen molar-refractivity contribution in [3.8, 4) is 0 Å². The fraction of sp³-hybridized carbons (Fsp3) is 0.571. The van der Waals surface area contributed by atoms with E-state index in [9.17, 15) is 18.3 Å². The monoisotopic (exact) mass is 305 g/mol. The van der Waals surface area contributed by atoms with Gasteiger partial charge in [-0.05, 0) is 37.6 Å². The third kappa shape index (κ3) is 4.14. The first kappa shape index (κ1) is 15.7. The van der Waals surface area contributed by atoms with Gasteiger partial charge in [0.1, 0.15) is 0 Å².